The molecule has 0 N–H and O–H groups in total. The van der Waals surface area contributed by atoms with Crippen molar-refractivity contribution >= 4 is 23.5 Å². The van der Waals surface area contributed by atoms with Gasteiger partial charge in [-0.15, -0.1) is 11.8 Å². The van der Waals surface area contributed by atoms with Gasteiger partial charge in [0.2, 0.25) is 5.78 Å². The molecule has 5 atom stereocenters. The van der Waals surface area contributed by atoms with Crippen molar-refractivity contribution in [2.24, 2.45) is 5.41 Å². The molecule has 7 heteroatoms. The standard InChI is InChI=1S/C20H26O6S/c1-5-27-18-14(21)16(26-19(22)20(2,3)4)15-13(24-18)11-23-17(25-15)12-9-7-6-8-10-12/h6-10,13,15-18H,5,11H2,1-4H3. The van der Waals surface area contributed by atoms with E-state index in [-0.39, 0.29) is 12.4 Å². The molecule has 0 amide bonds. The van der Waals surface area contributed by atoms with Crippen LogP contribution in [0.15, 0.2) is 30.3 Å². The summed E-state index contributed by atoms with van der Waals surface area (Å²) >= 11 is 1.38. The molecule has 0 bridgehead atoms. The van der Waals surface area contributed by atoms with Crippen LogP contribution in [0.4, 0.5) is 0 Å². The Hall–Kier alpha value is -1.41. The van der Waals surface area contributed by atoms with Gasteiger partial charge in [0.1, 0.15) is 12.2 Å². The molecule has 1 aromatic rings. The number of ketones is 1. The molecule has 6 nitrogen and oxygen atoms in total. The molecule has 0 aromatic heterocycles. The number of hydrogen-bond donors (Lipinski definition) is 0. The zero-order valence-corrected chi connectivity index (χ0v) is 16.9. The van der Waals surface area contributed by atoms with Crippen LogP contribution in [0, 0.1) is 5.41 Å². The van der Waals surface area contributed by atoms with Crippen LogP contribution < -0.4 is 0 Å². The second-order valence-electron chi connectivity index (χ2n) is 7.62. The Bertz CT molecular complexity index is 671. The summed E-state index contributed by atoms with van der Waals surface area (Å²) in [5, 5.41) is 0. The molecule has 1 aromatic carbocycles. The lowest BCUT2D eigenvalue weighted by Gasteiger charge is -2.44. The number of benzene rings is 1. The molecule has 3 rings (SSSR count). The molecule has 0 spiro atoms. The predicted octanol–water partition coefficient (Wildman–Crippen LogP) is 3.11. The van der Waals surface area contributed by atoms with Gasteiger partial charge in [0, 0.05) is 5.56 Å². The molecule has 27 heavy (non-hydrogen) atoms. The van der Waals surface area contributed by atoms with Gasteiger partial charge in [-0.1, -0.05) is 37.3 Å². The SMILES string of the molecule is CCSC1OC2COC(c3ccccc3)OC2C(OC(=O)C(C)(C)C)C1=O. The molecule has 0 saturated carbocycles. The van der Waals surface area contributed by atoms with Crippen molar-refractivity contribution in [3.8, 4) is 0 Å². The third kappa shape index (κ3) is 4.54. The Morgan fingerprint density at radius 3 is 2.56 bits per heavy atom. The Balaban J connectivity index is 1.83. The van der Waals surface area contributed by atoms with E-state index in [4.69, 9.17) is 18.9 Å². The Labute approximate surface area is 163 Å². The van der Waals surface area contributed by atoms with Crippen molar-refractivity contribution in [2.75, 3.05) is 12.4 Å². The monoisotopic (exact) mass is 394 g/mol. The van der Waals surface area contributed by atoms with Gasteiger partial charge >= 0.3 is 5.97 Å². The summed E-state index contributed by atoms with van der Waals surface area (Å²) in [5.74, 6) is 0.00440. The van der Waals surface area contributed by atoms with Crippen molar-refractivity contribution in [3.05, 3.63) is 35.9 Å². The lowest BCUT2D eigenvalue weighted by atomic mass is 9.95. The number of fused-ring (bicyclic) bond motifs is 1. The molecule has 0 radical (unpaired) electrons. The lowest BCUT2D eigenvalue weighted by Crippen LogP contribution is -2.60. The Morgan fingerprint density at radius 2 is 1.93 bits per heavy atom. The molecule has 148 valence electrons. The first-order chi connectivity index (χ1) is 12.8. The molecule has 2 fully saturated rings. The quantitative estimate of drug-likeness (QED) is 0.727. The van der Waals surface area contributed by atoms with Gasteiger partial charge in [-0.25, -0.2) is 0 Å². The molecule has 2 saturated heterocycles. The molecular formula is C20H26O6S. The molecule has 0 aliphatic carbocycles. The maximum absolute atomic E-state index is 12.9. The summed E-state index contributed by atoms with van der Waals surface area (Å²) in [6.07, 6.45) is -2.80. The number of ether oxygens (including phenoxy) is 4. The van der Waals surface area contributed by atoms with Gasteiger partial charge in [0.15, 0.2) is 17.8 Å². The zero-order valence-electron chi connectivity index (χ0n) is 16.0. The van der Waals surface area contributed by atoms with Gasteiger partial charge in [0.25, 0.3) is 0 Å². The van der Waals surface area contributed by atoms with Crippen LogP contribution in [-0.4, -0.2) is 47.9 Å². The third-order valence-electron chi connectivity index (χ3n) is 4.40. The van der Waals surface area contributed by atoms with E-state index in [0.29, 0.717) is 5.75 Å². The van der Waals surface area contributed by atoms with Crippen molar-refractivity contribution < 1.29 is 28.5 Å². The van der Waals surface area contributed by atoms with E-state index in [2.05, 4.69) is 0 Å². The second-order valence-corrected chi connectivity index (χ2v) is 8.96. The fraction of sp³-hybridized carbons (Fsp3) is 0.600. The minimum Gasteiger partial charge on any atom is -0.451 e. The third-order valence-corrected chi connectivity index (χ3v) is 5.38. The Kier molecular flexibility index (Phi) is 6.25. The fourth-order valence-electron chi connectivity index (χ4n) is 2.93. The minimum atomic E-state index is -1.00. The van der Waals surface area contributed by atoms with Crippen LogP contribution in [0.1, 0.15) is 39.5 Å². The largest absolute Gasteiger partial charge is 0.451 e. The highest BCUT2D eigenvalue weighted by atomic mass is 32.2. The number of carbonyl (C=O) groups is 2. The van der Waals surface area contributed by atoms with E-state index in [1.165, 1.54) is 11.8 Å². The topological polar surface area (TPSA) is 71.1 Å². The van der Waals surface area contributed by atoms with Gasteiger partial charge < -0.3 is 18.9 Å². The summed E-state index contributed by atoms with van der Waals surface area (Å²) in [5.41, 5.74) is -0.560. The van der Waals surface area contributed by atoms with Crippen LogP contribution in [-0.2, 0) is 28.5 Å². The average molecular weight is 394 g/mol. The highest BCUT2D eigenvalue weighted by molar-refractivity contribution is 8.00. The predicted molar refractivity (Wildman–Crippen MR) is 101 cm³/mol. The van der Waals surface area contributed by atoms with Crippen LogP contribution in [0.2, 0.25) is 0 Å². The summed E-state index contributed by atoms with van der Waals surface area (Å²) in [6, 6.07) is 9.47. The fourth-order valence-corrected chi connectivity index (χ4v) is 3.75. The van der Waals surface area contributed by atoms with Crippen molar-refractivity contribution in [1.29, 1.82) is 0 Å². The first-order valence-electron chi connectivity index (χ1n) is 9.15. The van der Waals surface area contributed by atoms with E-state index < -0.39 is 41.4 Å². The maximum Gasteiger partial charge on any atom is 0.312 e. The van der Waals surface area contributed by atoms with Crippen LogP contribution in [0.3, 0.4) is 0 Å². The molecular weight excluding hydrogens is 368 g/mol. The highest BCUT2D eigenvalue weighted by Crippen LogP contribution is 2.36. The van der Waals surface area contributed by atoms with Crippen LogP contribution in [0.25, 0.3) is 0 Å². The van der Waals surface area contributed by atoms with Crippen molar-refractivity contribution in [2.45, 2.75) is 57.7 Å². The molecule has 2 aliphatic rings. The van der Waals surface area contributed by atoms with E-state index in [9.17, 15) is 9.59 Å². The minimum absolute atomic E-state index is 0.266. The van der Waals surface area contributed by atoms with E-state index in [1.807, 2.05) is 37.3 Å². The van der Waals surface area contributed by atoms with Gasteiger partial charge in [-0.3, -0.25) is 9.59 Å². The van der Waals surface area contributed by atoms with Gasteiger partial charge in [-0.05, 0) is 26.5 Å². The normalized spacial score (nSPS) is 31.3. The molecule has 5 unspecified atom stereocenters. The first kappa shape index (κ1) is 20.3. The average Bonchev–Trinajstić information content (AvgIpc) is 2.64. The second kappa shape index (κ2) is 8.31. The maximum atomic E-state index is 12.9. The highest BCUT2D eigenvalue weighted by Gasteiger charge is 2.52. The lowest BCUT2D eigenvalue weighted by molar-refractivity contribution is -0.294. The molecule has 2 heterocycles. The summed E-state index contributed by atoms with van der Waals surface area (Å²) in [7, 11) is 0. The summed E-state index contributed by atoms with van der Waals surface area (Å²) in [4.78, 5) is 25.4. The number of rotatable bonds is 4. The smallest absolute Gasteiger partial charge is 0.312 e. The summed E-state index contributed by atoms with van der Waals surface area (Å²) in [6.45, 7) is 7.48. The van der Waals surface area contributed by atoms with E-state index >= 15 is 0 Å². The van der Waals surface area contributed by atoms with E-state index in [0.717, 1.165) is 5.56 Å². The van der Waals surface area contributed by atoms with Gasteiger partial charge in [0.05, 0.1) is 12.0 Å². The summed E-state index contributed by atoms with van der Waals surface area (Å²) < 4.78 is 23.4. The number of carbonyl (C=O) groups excluding carboxylic acids is 2. The van der Waals surface area contributed by atoms with Gasteiger partial charge in [-0.2, -0.15) is 0 Å². The number of hydrogen-bond acceptors (Lipinski definition) is 7. The Morgan fingerprint density at radius 1 is 1.22 bits per heavy atom. The van der Waals surface area contributed by atoms with Crippen molar-refractivity contribution in [1.82, 2.24) is 0 Å². The van der Waals surface area contributed by atoms with E-state index in [1.54, 1.807) is 20.8 Å². The van der Waals surface area contributed by atoms with Crippen LogP contribution in [0.5, 0.6) is 0 Å². The number of esters is 1. The number of thioether (sulfide) groups is 1. The zero-order chi connectivity index (χ0) is 19.6. The van der Waals surface area contributed by atoms with Crippen molar-refractivity contribution in [3.63, 3.8) is 0 Å². The van der Waals surface area contributed by atoms with Crippen LogP contribution >= 0.6 is 11.8 Å². The first-order valence-corrected chi connectivity index (χ1v) is 10.2. The number of Topliss-reactive ketones (excluding diaryl/α,β-unsaturated/α-hetero) is 1. The molecule has 2 aliphatic heterocycles.